The molecule has 1 heterocycles. The van der Waals surface area contributed by atoms with Gasteiger partial charge in [0.15, 0.2) is 0 Å². The number of hydrogen-bond acceptors (Lipinski definition) is 1. The van der Waals surface area contributed by atoms with Gasteiger partial charge >= 0.3 is 6.18 Å². The van der Waals surface area contributed by atoms with E-state index in [-0.39, 0.29) is 11.2 Å². The van der Waals surface area contributed by atoms with Crippen LogP contribution in [-0.4, -0.2) is 12.3 Å². The topological polar surface area (TPSA) is 9.23 Å². The Hall–Kier alpha value is -1.16. The number of fused-ring (bicyclic) bond motifs is 1. The van der Waals surface area contributed by atoms with Crippen molar-refractivity contribution in [2.24, 2.45) is 0 Å². The smallest absolute Gasteiger partial charge is 0.429 e. The van der Waals surface area contributed by atoms with Gasteiger partial charge in [0.2, 0.25) is 6.10 Å². The van der Waals surface area contributed by atoms with Crippen LogP contribution >= 0.6 is 11.6 Å². The van der Waals surface area contributed by atoms with Crippen LogP contribution < -0.4 is 4.74 Å². The summed E-state index contributed by atoms with van der Waals surface area (Å²) in [6.07, 6.45) is -2.02. The lowest BCUT2D eigenvalue weighted by Crippen LogP contribution is -2.34. The number of ether oxygens (including phenoxy) is 1. The van der Waals surface area contributed by atoms with Crippen LogP contribution in [0.15, 0.2) is 18.2 Å². The van der Waals surface area contributed by atoms with E-state index in [4.69, 9.17) is 16.3 Å². The highest BCUT2D eigenvalue weighted by Gasteiger charge is 2.41. The molecule has 1 atom stereocenters. The molecule has 0 aliphatic carbocycles. The molecule has 0 fully saturated rings. The fourth-order valence-electron chi connectivity index (χ4n) is 2.62. The first-order chi connectivity index (χ1) is 9.65. The molecule has 0 saturated carbocycles. The molecular weight excluding hydrogens is 301 g/mol. The van der Waals surface area contributed by atoms with Gasteiger partial charge in [-0.25, -0.2) is 0 Å². The Kier molecular flexibility index (Phi) is 4.29. The van der Waals surface area contributed by atoms with Crippen molar-refractivity contribution in [3.8, 4) is 5.75 Å². The molecule has 0 amide bonds. The molecule has 116 valence electrons. The molecule has 2 rings (SSSR count). The van der Waals surface area contributed by atoms with Gasteiger partial charge in [0.1, 0.15) is 5.75 Å². The monoisotopic (exact) mass is 318 g/mol. The minimum Gasteiger partial charge on any atom is -0.476 e. The van der Waals surface area contributed by atoms with Gasteiger partial charge in [0, 0.05) is 10.6 Å². The maximum absolute atomic E-state index is 12.8. The highest BCUT2D eigenvalue weighted by atomic mass is 35.5. The van der Waals surface area contributed by atoms with Crippen molar-refractivity contribution in [1.82, 2.24) is 0 Å². The van der Waals surface area contributed by atoms with Crippen molar-refractivity contribution in [2.75, 3.05) is 0 Å². The molecule has 1 unspecified atom stereocenters. The van der Waals surface area contributed by atoms with Crippen LogP contribution in [-0.2, 0) is 5.41 Å². The molecule has 1 nitrogen and oxygen atoms in total. The lowest BCUT2D eigenvalue weighted by molar-refractivity contribution is -0.180. The summed E-state index contributed by atoms with van der Waals surface area (Å²) in [5, 5.41) is 0.561. The first-order valence-corrected chi connectivity index (χ1v) is 7.28. The summed E-state index contributed by atoms with van der Waals surface area (Å²) in [6, 6.07) is 3.32. The van der Waals surface area contributed by atoms with Crippen molar-refractivity contribution in [3.63, 3.8) is 0 Å². The van der Waals surface area contributed by atoms with Crippen molar-refractivity contribution < 1.29 is 17.9 Å². The van der Waals surface area contributed by atoms with Crippen LogP contribution in [0.4, 0.5) is 13.2 Å². The average molecular weight is 319 g/mol. The van der Waals surface area contributed by atoms with Crippen LogP contribution in [0.3, 0.4) is 0 Å². The van der Waals surface area contributed by atoms with E-state index in [1.54, 1.807) is 12.1 Å². The first kappa shape index (κ1) is 16.2. The molecule has 5 heteroatoms. The van der Waals surface area contributed by atoms with Gasteiger partial charge in [0.25, 0.3) is 0 Å². The van der Waals surface area contributed by atoms with Crippen molar-refractivity contribution in [3.05, 3.63) is 34.4 Å². The molecule has 1 aromatic carbocycles. The van der Waals surface area contributed by atoms with Crippen LogP contribution in [0.25, 0.3) is 6.08 Å². The Balaban J connectivity index is 2.41. The maximum atomic E-state index is 12.8. The third-order valence-electron chi connectivity index (χ3n) is 3.73. The highest BCUT2D eigenvalue weighted by molar-refractivity contribution is 6.31. The lowest BCUT2D eigenvalue weighted by Gasteiger charge is -2.29. The Labute approximate surface area is 127 Å². The van der Waals surface area contributed by atoms with E-state index in [0.717, 1.165) is 24.5 Å². The zero-order valence-corrected chi connectivity index (χ0v) is 13.0. The summed E-state index contributed by atoms with van der Waals surface area (Å²) >= 11 is 6.30. The zero-order chi connectivity index (χ0) is 15.8. The van der Waals surface area contributed by atoms with E-state index in [9.17, 15) is 13.2 Å². The highest BCUT2D eigenvalue weighted by Crippen LogP contribution is 2.41. The molecule has 0 N–H and O–H groups in total. The SMILES string of the molecule is CCCC(C)(C)c1cc2c(cc1Cl)C=CC(C(F)(F)F)O2. The minimum absolute atomic E-state index is 0.209. The molecule has 1 aliphatic heterocycles. The molecule has 0 saturated heterocycles. The maximum Gasteiger partial charge on any atom is 0.429 e. The Morgan fingerprint density at radius 1 is 1.24 bits per heavy atom. The minimum atomic E-state index is -4.41. The largest absolute Gasteiger partial charge is 0.476 e. The summed E-state index contributed by atoms with van der Waals surface area (Å²) in [6.45, 7) is 6.13. The quantitative estimate of drug-likeness (QED) is 0.689. The van der Waals surface area contributed by atoms with E-state index in [1.807, 2.05) is 13.8 Å². The molecule has 1 aliphatic rings. The van der Waals surface area contributed by atoms with Crippen molar-refractivity contribution in [2.45, 2.75) is 51.3 Å². The molecular formula is C16H18ClF3O. The van der Waals surface area contributed by atoms with Gasteiger partial charge in [-0.15, -0.1) is 0 Å². The molecule has 21 heavy (non-hydrogen) atoms. The van der Waals surface area contributed by atoms with Crippen LogP contribution in [0.1, 0.15) is 44.7 Å². The van der Waals surface area contributed by atoms with Crippen LogP contribution in [0, 0.1) is 0 Å². The summed E-state index contributed by atoms with van der Waals surface area (Å²) in [4.78, 5) is 0. The summed E-state index contributed by atoms with van der Waals surface area (Å²) in [5.41, 5.74) is 1.19. The number of halogens is 4. The molecule has 0 bridgehead atoms. The third kappa shape index (κ3) is 3.37. The Morgan fingerprint density at radius 2 is 1.90 bits per heavy atom. The van der Waals surface area contributed by atoms with Gasteiger partial charge in [-0.2, -0.15) is 13.2 Å². The second-order valence-electron chi connectivity index (χ2n) is 5.94. The first-order valence-electron chi connectivity index (χ1n) is 6.91. The number of rotatable bonds is 3. The second kappa shape index (κ2) is 5.56. The lowest BCUT2D eigenvalue weighted by atomic mass is 9.80. The predicted molar refractivity (Wildman–Crippen MR) is 78.9 cm³/mol. The summed E-state index contributed by atoms with van der Waals surface area (Å²) < 4.78 is 43.4. The summed E-state index contributed by atoms with van der Waals surface area (Å²) in [5.74, 6) is 0.239. The number of alkyl halides is 3. The average Bonchev–Trinajstić information content (AvgIpc) is 2.36. The van der Waals surface area contributed by atoms with E-state index in [2.05, 4.69) is 6.92 Å². The number of hydrogen-bond donors (Lipinski definition) is 0. The van der Waals surface area contributed by atoms with Crippen LogP contribution in [0.5, 0.6) is 5.75 Å². The second-order valence-corrected chi connectivity index (χ2v) is 6.35. The van der Waals surface area contributed by atoms with Gasteiger partial charge < -0.3 is 4.74 Å². The van der Waals surface area contributed by atoms with E-state index < -0.39 is 12.3 Å². The fourth-order valence-corrected chi connectivity index (χ4v) is 3.05. The van der Waals surface area contributed by atoms with Gasteiger partial charge in [-0.05, 0) is 35.6 Å². The summed E-state index contributed by atoms with van der Waals surface area (Å²) in [7, 11) is 0. The van der Waals surface area contributed by atoms with Gasteiger partial charge in [0.05, 0.1) is 0 Å². The number of benzene rings is 1. The van der Waals surface area contributed by atoms with Crippen molar-refractivity contribution in [1.29, 1.82) is 0 Å². The third-order valence-corrected chi connectivity index (χ3v) is 4.04. The standard InChI is InChI=1S/C16H18ClF3O/c1-4-7-15(2,3)11-9-13-10(8-12(11)17)5-6-14(21-13)16(18,19)20/h5-6,8-9,14H,4,7H2,1-3H3. The Morgan fingerprint density at radius 3 is 2.48 bits per heavy atom. The normalized spacial score (nSPS) is 18.3. The van der Waals surface area contributed by atoms with Crippen LogP contribution in [0.2, 0.25) is 5.02 Å². The predicted octanol–water partition coefficient (Wildman–Crippen LogP) is 5.75. The van der Waals surface area contributed by atoms with E-state index in [0.29, 0.717) is 10.6 Å². The zero-order valence-electron chi connectivity index (χ0n) is 12.2. The molecule has 0 spiro atoms. The van der Waals surface area contributed by atoms with Gasteiger partial charge in [-0.3, -0.25) is 0 Å². The molecule has 1 aromatic rings. The fraction of sp³-hybridized carbons (Fsp3) is 0.500. The molecule has 0 aromatic heterocycles. The molecule has 0 radical (unpaired) electrons. The van der Waals surface area contributed by atoms with E-state index >= 15 is 0 Å². The van der Waals surface area contributed by atoms with Gasteiger partial charge in [-0.1, -0.05) is 44.9 Å². The van der Waals surface area contributed by atoms with E-state index in [1.165, 1.54) is 6.08 Å². The van der Waals surface area contributed by atoms with Crippen molar-refractivity contribution >= 4 is 17.7 Å². The Bertz CT molecular complexity index is 561.